The van der Waals surface area contributed by atoms with Crippen molar-refractivity contribution >= 4 is 5.97 Å². The topological polar surface area (TPSA) is 109 Å². The maximum atomic E-state index is 13.1. The lowest BCUT2D eigenvalue weighted by Gasteiger charge is -2.15. The number of esters is 1. The molecule has 0 aromatic heterocycles. The highest BCUT2D eigenvalue weighted by molar-refractivity contribution is 5.88. The third-order valence-corrected chi connectivity index (χ3v) is 3.49. The number of hydrazine groups is 1. The van der Waals surface area contributed by atoms with Crippen molar-refractivity contribution in [2.75, 3.05) is 13.2 Å². The van der Waals surface area contributed by atoms with Crippen LogP contribution in [0.3, 0.4) is 0 Å². The number of hydrogen-bond donors (Lipinski definition) is 3. The summed E-state index contributed by atoms with van der Waals surface area (Å²) in [6.07, 6.45) is -2.63. The van der Waals surface area contributed by atoms with E-state index in [-0.39, 0.29) is 18.1 Å². The maximum Gasteiger partial charge on any atom is 0.416 e. The minimum absolute atomic E-state index is 0.00656. The fourth-order valence-electron chi connectivity index (χ4n) is 1.99. The van der Waals surface area contributed by atoms with Crippen LogP contribution < -0.4 is 26.5 Å². The smallest absolute Gasteiger partial charge is 0.416 e. The van der Waals surface area contributed by atoms with Crippen LogP contribution in [-0.4, -0.2) is 19.2 Å². The van der Waals surface area contributed by atoms with E-state index < -0.39 is 29.3 Å². The molecule has 1 aliphatic rings. The van der Waals surface area contributed by atoms with Crippen molar-refractivity contribution in [3.63, 3.8) is 0 Å². The number of carbonyl (C=O) groups excluding carboxylic acids is 1. The molecule has 1 fully saturated rings. The molecular formula is C16H20F3N3O4. The minimum Gasteiger partial charge on any atom is -0.493 e. The lowest BCUT2D eigenvalue weighted by Crippen LogP contribution is -2.32. The molecule has 10 heteroatoms. The lowest BCUT2D eigenvalue weighted by atomic mass is 10.2. The van der Waals surface area contributed by atoms with Gasteiger partial charge in [0, 0.05) is 6.07 Å². The van der Waals surface area contributed by atoms with Crippen LogP contribution >= 0.6 is 0 Å². The highest BCUT2D eigenvalue weighted by Crippen LogP contribution is 2.36. The molecule has 2 rings (SSSR count). The van der Waals surface area contributed by atoms with E-state index in [0.29, 0.717) is 12.5 Å². The normalized spacial score (nSPS) is 15.1. The van der Waals surface area contributed by atoms with Gasteiger partial charge in [-0.3, -0.25) is 5.84 Å². The molecule has 0 aliphatic heterocycles. The number of halogens is 3. The van der Waals surface area contributed by atoms with Crippen LogP contribution in [-0.2, 0) is 15.7 Å². The fourth-order valence-corrected chi connectivity index (χ4v) is 1.99. The molecule has 144 valence electrons. The number of nitrogens with two attached hydrogens (primary N) is 2. The van der Waals surface area contributed by atoms with E-state index in [9.17, 15) is 18.0 Å². The number of alkyl halides is 3. The van der Waals surface area contributed by atoms with Gasteiger partial charge in [-0.05, 0) is 37.8 Å². The van der Waals surface area contributed by atoms with Gasteiger partial charge in [-0.2, -0.15) is 13.2 Å². The summed E-state index contributed by atoms with van der Waals surface area (Å²) in [6, 6.07) is 2.88. The molecule has 5 N–H and O–H groups in total. The molecule has 0 saturated heterocycles. The Morgan fingerprint density at radius 3 is 2.46 bits per heavy atom. The zero-order valence-electron chi connectivity index (χ0n) is 14.1. The Balaban J connectivity index is 2.27. The van der Waals surface area contributed by atoms with Gasteiger partial charge in [0.05, 0.1) is 18.8 Å². The van der Waals surface area contributed by atoms with E-state index in [1.165, 1.54) is 6.07 Å². The van der Waals surface area contributed by atoms with Crippen LogP contribution in [0.1, 0.15) is 25.3 Å². The first kappa shape index (κ1) is 19.7. The summed E-state index contributed by atoms with van der Waals surface area (Å²) in [7, 11) is 0. The zero-order valence-corrected chi connectivity index (χ0v) is 14.1. The largest absolute Gasteiger partial charge is 0.493 e. The van der Waals surface area contributed by atoms with Crippen molar-refractivity contribution in [3.05, 3.63) is 35.3 Å². The van der Waals surface area contributed by atoms with Gasteiger partial charge in [0.15, 0.2) is 5.70 Å². The lowest BCUT2D eigenvalue weighted by molar-refractivity contribution is -0.139. The standard InChI is InChI=1S/C16H20F3N3O4/c1-2-24-15(23)13(22-21)14(20)26-12-6-10(16(17,18)19)5-11(7-12)25-8-9-3-4-9/h5-7,9,22H,2-4,8,20-21H2,1H3/b14-13+. The summed E-state index contributed by atoms with van der Waals surface area (Å²) in [5.74, 6) is 3.88. The van der Waals surface area contributed by atoms with Crippen LogP contribution in [0.5, 0.6) is 11.5 Å². The molecule has 1 aliphatic carbocycles. The van der Waals surface area contributed by atoms with Crippen molar-refractivity contribution in [1.82, 2.24) is 5.43 Å². The van der Waals surface area contributed by atoms with E-state index in [1.807, 2.05) is 5.43 Å². The molecule has 0 spiro atoms. The number of ether oxygens (including phenoxy) is 3. The first-order valence-electron chi connectivity index (χ1n) is 7.91. The monoisotopic (exact) mass is 375 g/mol. The molecule has 1 saturated carbocycles. The molecule has 0 atom stereocenters. The number of nitrogens with one attached hydrogen (secondary N) is 1. The van der Waals surface area contributed by atoms with Crippen molar-refractivity contribution in [2.24, 2.45) is 17.5 Å². The fraction of sp³-hybridized carbons (Fsp3) is 0.438. The molecule has 0 heterocycles. The maximum absolute atomic E-state index is 13.1. The van der Waals surface area contributed by atoms with Crippen molar-refractivity contribution in [1.29, 1.82) is 0 Å². The molecule has 0 unspecified atom stereocenters. The van der Waals surface area contributed by atoms with Crippen LogP contribution in [0.25, 0.3) is 0 Å². The van der Waals surface area contributed by atoms with Gasteiger partial charge >= 0.3 is 12.1 Å². The number of benzene rings is 1. The molecule has 26 heavy (non-hydrogen) atoms. The predicted octanol–water partition coefficient (Wildman–Crippen LogP) is 2.03. The SMILES string of the molecule is CCOC(=O)/C(NN)=C(/N)Oc1cc(OCC2CC2)cc(C(F)(F)F)c1. The third-order valence-electron chi connectivity index (χ3n) is 3.49. The summed E-state index contributed by atoms with van der Waals surface area (Å²) in [5.41, 5.74) is 6.26. The number of rotatable bonds is 8. The summed E-state index contributed by atoms with van der Waals surface area (Å²) >= 11 is 0. The van der Waals surface area contributed by atoms with Crippen LogP contribution in [0.15, 0.2) is 29.8 Å². The number of carbonyl (C=O) groups is 1. The highest BCUT2D eigenvalue weighted by atomic mass is 19.4. The second-order valence-corrected chi connectivity index (χ2v) is 5.65. The highest BCUT2D eigenvalue weighted by Gasteiger charge is 2.32. The zero-order chi connectivity index (χ0) is 19.3. The Morgan fingerprint density at radius 2 is 1.92 bits per heavy atom. The summed E-state index contributed by atoms with van der Waals surface area (Å²) in [4.78, 5) is 11.7. The summed E-state index contributed by atoms with van der Waals surface area (Å²) in [6.45, 7) is 1.95. The summed E-state index contributed by atoms with van der Waals surface area (Å²) < 4.78 is 54.6. The average Bonchev–Trinajstić information content (AvgIpc) is 3.37. The second kappa shape index (κ2) is 8.17. The van der Waals surface area contributed by atoms with E-state index in [4.69, 9.17) is 25.8 Å². The molecule has 0 amide bonds. The molecule has 0 radical (unpaired) electrons. The van der Waals surface area contributed by atoms with Gasteiger partial charge in [0.25, 0.3) is 0 Å². The van der Waals surface area contributed by atoms with Crippen LogP contribution in [0.4, 0.5) is 13.2 Å². The predicted molar refractivity (Wildman–Crippen MR) is 85.5 cm³/mol. The quantitative estimate of drug-likeness (QED) is 0.210. The minimum atomic E-state index is -4.61. The van der Waals surface area contributed by atoms with Crippen LogP contribution in [0.2, 0.25) is 0 Å². The van der Waals surface area contributed by atoms with Crippen LogP contribution in [0, 0.1) is 5.92 Å². The Hall–Kier alpha value is -2.62. The Labute approximate surface area is 148 Å². The Bertz CT molecular complexity index is 688. The second-order valence-electron chi connectivity index (χ2n) is 5.65. The molecule has 1 aromatic carbocycles. The summed E-state index contributed by atoms with van der Waals surface area (Å²) in [5, 5.41) is 0. The van der Waals surface area contributed by atoms with Crippen molar-refractivity contribution in [3.8, 4) is 11.5 Å². The Morgan fingerprint density at radius 1 is 1.27 bits per heavy atom. The first-order valence-corrected chi connectivity index (χ1v) is 7.91. The first-order chi connectivity index (χ1) is 12.2. The van der Waals surface area contributed by atoms with Gasteiger partial charge in [-0.25, -0.2) is 4.79 Å². The van der Waals surface area contributed by atoms with Gasteiger partial charge in [0.2, 0.25) is 5.88 Å². The van der Waals surface area contributed by atoms with Gasteiger partial charge in [0.1, 0.15) is 11.5 Å². The van der Waals surface area contributed by atoms with Crippen molar-refractivity contribution < 1.29 is 32.2 Å². The molecular weight excluding hydrogens is 355 g/mol. The van der Waals surface area contributed by atoms with E-state index >= 15 is 0 Å². The molecule has 7 nitrogen and oxygen atoms in total. The Kier molecular flexibility index (Phi) is 6.19. The van der Waals surface area contributed by atoms with Gasteiger partial charge < -0.3 is 25.4 Å². The van der Waals surface area contributed by atoms with E-state index in [1.54, 1.807) is 6.92 Å². The number of hydrogen-bond acceptors (Lipinski definition) is 7. The van der Waals surface area contributed by atoms with Gasteiger partial charge in [-0.15, -0.1) is 0 Å². The third kappa shape index (κ3) is 5.45. The molecule has 0 bridgehead atoms. The van der Waals surface area contributed by atoms with Gasteiger partial charge in [-0.1, -0.05) is 0 Å². The van der Waals surface area contributed by atoms with Crippen molar-refractivity contribution in [2.45, 2.75) is 25.9 Å². The average molecular weight is 375 g/mol. The molecule has 1 aromatic rings. The van der Waals surface area contributed by atoms with E-state index in [2.05, 4.69) is 0 Å². The van der Waals surface area contributed by atoms with E-state index in [0.717, 1.165) is 25.0 Å².